The number of fused-ring (bicyclic) bond motifs is 2. The molecule has 2 aromatic carbocycles. The number of halogens is 2. The lowest BCUT2D eigenvalue weighted by Gasteiger charge is -2.42. The summed E-state index contributed by atoms with van der Waals surface area (Å²) in [6.07, 6.45) is 1.79. The highest BCUT2D eigenvalue weighted by molar-refractivity contribution is 5.87. The normalized spacial score (nSPS) is 18.6. The number of aromatic nitrogens is 3. The van der Waals surface area contributed by atoms with Crippen molar-refractivity contribution in [2.45, 2.75) is 103 Å². The lowest BCUT2D eigenvalue weighted by atomic mass is 9.85. The van der Waals surface area contributed by atoms with Crippen LogP contribution < -0.4 is 26.3 Å². The predicted octanol–water partition coefficient (Wildman–Crippen LogP) is 4.25. The molecule has 5 heterocycles. The molecular formula is C51H62F2N10O8. The van der Waals surface area contributed by atoms with Crippen LogP contribution >= 0.6 is 0 Å². The summed E-state index contributed by atoms with van der Waals surface area (Å²) in [5, 5.41) is 30.4. The molecular weight excluding hydrogens is 919 g/mol. The standard InChI is InChI=1S/C51H62F2N10O8/c1-50(2,3)43(59-49(69)70-7)46(65)57-40(19-31-12-9-30(10-13-31)11-14-32-15-16-42(56-23-32)63-25-34-22-35(63)24-62(34)36-28-71-29-36)41(64)27-61(60-47(66)44(51(4,5)6)58-48(67)68)26-37-38(52)20-33(21-39(37)53)45-54-17-8-18-55-45/h8-10,12-13,15-18,20-21,23,34-36,40-41,43-44,58,64H,19,22,24-29H2,1-7H3,(H,57,65)(H,59,69)(H,60,66)(H,67,68)/t34-,35-,40?,41?,43?,44?/m1/s1. The van der Waals surface area contributed by atoms with Gasteiger partial charge in [0.05, 0.1) is 38.5 Å². The van der Waals surface area contributed by atoms with Gasteiger partial charge in [-0.1, -0.05) is 65.5 Å². The number of ether oxygens (including phenoxy) is 2. The molecule has 6 atom stereocenters. The molecule has 0 aliphatic carbocycles. The first-order valence-corrected chi connectivity index (χ1v) is 23.5. The van der Waals surface area contributed by atoms with Crippen LogP contribution in [0.3, 0.4) is 0 Å². The fourth-order valence-corrected chi connectivity index (χ4v) is 9.04. The summed E-state index contributed by atoms with van der Waals surface area (Å²) in [6, 6.07) is 12.5. The van der Waals surface area contributed by atoms with Crippen molar-refractivity contribution in [3.63, 3.8) is 0 Å². The predicted molar refractivity (Wildman–Crippen MR) is 258 cm³/mol. The third-order valence-electron chi connectivity index (χ3n) is 12.9. The number of nitrogens with zero attached hydrogens (tertiary/aromatic N) is 6. The molecule has 2 aromatic heterocycles. The molecule has 7 rings (SSSR count). The number of carboxylic acid groups (broad SMARTS) is 1. The maximum absolute atomic E-state index is 15.9. The Morgan fingerprint density at radius 1 is 0.845 bits per heavy atom. The number of amides is 4. The molecule has 4 amide bonds. The first-order valence-electron chi connectivity index (χ1n) is 23.5. The highest BCUT2D eigenvalue weighted by Crippen LogP contribution is 2.36. The number of pyridine rings is 1. The molecule has 3 aliphatic rings. The highest BCUT2D eigenvalue weighted by atomic mass is 19.1. The van der Waals surface area contributed by atoms with Crippen molar-refractivity contribution in [2.75, 3.05) is 44.9 Å². The number of aliphatic hydroxyl groups excluding tert-OH is 1. The average molecular weight is 981 g/mol. The summed E-state index contributed by atoms with van der Waals surface area (Å²) in [4.78, 5) is 70.1. The van der Waals surface area contributed by atoms with Gasteiger partial charge in [-0.15, -0.1) is 0 Å². The number of hydrazine groups is 1. The van der Waals surface area contributed by atoms with Crippen molar-refractivity contribution >= 4 is 29.8 Å². The van der Waals surface area contributed by atoms with Gasteiger partial charge in [-0.3, -0.25) is 19.9 Å². The number of hydrogen-bond acceptors (Lipinski definition) is 13. The zero-order valence-corrected chi connectivity index (χ0v) is 40.9. The van der Waals surface area contributed by atoms with Gasteiger partial charge in [0.2, 0.25) is 5.91 Å². The zero-order chi connectivity index (χ0) is 51.2. The molecule has 0 radical (unpaired) electrons. The molecule has 4 unspecified atom stereocenters. The number of anilines is 1. The van der Waals surface area contributed by atoms with E-state index >= 15 is 8.78 Å². The molecule has 20 heteroatoms. The lowest BCUT2D eigenvalue weighted by molar-refractivity contribution is -0.132. The summed E-state index contributed by atoms with van der Waals surface area (Å²) in [6.45, 7) is 12.4. The topological polar surface area (TPSA) is 224 Å². The van der Waals surface area contributed by atoms with Crippen LogP contribution in [0.1, 0.15) is 70.2 Å². The molecule has 3 fully saturated rings. The Morgan fingerprint density at radius 3 is 2.03 bits per heavy atom. The van der Waals surface area contributed by atoms with Crippen molar-refractivity contribution in [3.05, 3.63) is 107 Å². The number of alkyl carbamates (subject to hydrolysis) is 1. The van der Waals surface area contributed by atoms with Gasteiger partial charge in [0.25, 0.3) is 5.91 Å². The average Bonchev–Trinajstić information content (AvgIpc) is 3.91. The number of nitrogens with one attached hydrogen (secondary N) is 4. The lowest BCUT2D eigenvalue weighted by Crippen LogP contribution is -2.60. The quantitative estimate of drug-likeness (QED) is 0.0683. The molecule has 378 valence electrons. The Kier molecular flexibility index (Phi) is 16.2. The van der Waals surface area contributed by atoms with Gasteiger partial charge in [-0.05, 0) is 71.7 Å². The second kappa shape index (κ2) is 22.1. The van der Waals surface area contributed by atoms with E-state index in [2.05, 4.69) is 53.0 Å². The van der Waals surface area contributed by atoms with Crippen LogP contribution in [0.2, 0.25) is 0 Å². The number of aliphatic hydroxyl groups is 1. The van der Waals surface area contributed by atoms with Crippen molar-refractivity contribution < 1.29 is 47.6 Å². The Hall–Kier alpha value is -6.79. The van der Waals surface area contributed by atoms with E-state index in [4.69, 9.17) is 14.5 Å². The van der Waals surface area contributed by atoms with Gasteiger partial charge in [-0.2, -0.15) is 0 Å². The molecule has 18 nitrogen and oxygen atoms in total. The monoisotopic (exact) mass is 980 g/mol. The fraction of sp³-hybridized carbons (Fsp3) is 0.471. The molecule has 71 heavy (non-hydrogen) atoms. The third kappa shape index (κ3) is 13.1. The maximum atomic E-state index is 15.9. The van der Waals surface area contributed by atoms with Crippen molar-refractivity contribution in [3.8, 4) is 23.2 Å². The van der Waals surface area contributed by atoms with Crippen LogP contribution in [0.4, 0.5) is 24.2 Å². The summed E-state index contributed by atoms with van der Waals surface area (Å²) < 4.78 is 42.1. The van der Waals surface area contributed by atoms with Crippen LogP contribution in [0.15, 0.2) is 73.2 Å². The van der Waals surface area contributed by atoms with Crippen LogP contribution in [-0.2, 0) is 32.0 Å². The Balaban J connectivity index is 1.12. The number of rotatable bonds is 16. The van der Waals surface area contributed by atoms with Gasteiger partial charge >= 0.3 is 12.2 Å². The Bertz CT molecular complexity index is 2580. The number of likely N-dealkylation sites (tertiary alicyclic amines) is 1. The molecule has 0 spiro atoms. The first-order chi connectivity index (χ1) is 33.7. The summed E-state index contributed by atoms with van der Waals surface area (Å²) in [5.41, 5.74) is 2.35. The van der Waals surface area contributed by atoms with Gasteiger partial charge in [-0.25, -0.2) is 38.3 Å². The van der Waals surface area contributed by atoms with E-state index < -0.39 is 89.3 Å². The fourth-order valence-electron chi connectivity index (χ4n) is 9.04. The maximum Gasteiger partial charge on any atom is 0.407 e. The van der Waals surface area contributed by atoms with Crippen molar-refractivity contribution in [2.24, 2.45) is 10.8 Å². The van der Waals surface area contributed by atoms with E-state index in [0.717, 1.165) is 68.4 Å². The van der Waals surface area contributed by atoms with E-state index in [1.165, 1.54) is 12.4 Å². The minimum absolute atomic E-state index is 0.00685. The SMILES string of the molecule is COC(=O)NC(C(=O)NC(Cc1ccc(C#Cc2ccc(N3C[C@H]4C[C@@H]3CN4C3COC3)nc2)cc1)C(O)CN(Cc1c(F)cc(-c2ncccn2)cc1F)NC(=O)C(NC(=O)O)C(C)(C)C)C(C)(C)C. The zero-order valence-electron chi connectivity index (χ0n) is 40.9. The number of piperazine rings is 1. The molecule has 2 bridgehead atoms. The summed E-state index contributed by atoms with van der Waals surface area (Å²) in [7, 11) is 1.16. The van der Waals surface area contributed by atoms with Crippen LogP contribution in [-0.4, -0.2) is 141 Å². The van der Waals surface area contributed by atoms with Gasteiger partial charge < -0.3 is 40.5 Å². The van der Waals surface area contributed by atoms with E-state index in [1.807, 2.05) is 12.1 Å². The Morgan fingerprint density at radius 2 is 1.48 bits per heavy atom. The van der Waals surface area contributed by atoms with Crippen LogP contribution in [0.5, 0.6) is 0 Å². The van der Waals surface area contributed by atoms with Gasteiger partial charge in [0.15, 0.2) is 5.82 Å². The van der Waals surface area contributed by atoms with E-state index in [1.54, 1.807) is 78.1 Å². The van der Waals surface area contributed by atoms with Crippen LogP contribution in [0.25, 0.3) is 11.4 Å². The second-order valence-corrected chi connectivity index (χ2v) is 20.4. The molecule has 3 saturated heterocycles. The van der Waals surface area contributed by atoms with Crippen molar-refractivity contribution in [1.29, 1.82) is 0 Å². The summed E-state index contributed by atoms with van der Waals surface area (Å²) >= 11 is 0. The first kappa shape index (κ1) is 52.0. The molecule has 6 N–H and O–H groups in total. The number of hydrogen-bond donors (Lipinski definition) is 6. The Labute approximate surface area is 411 Å². The highest BCUT2D eigenvalue weighted by Gasteiger charge is 2.47. The van der Waals surface area contributed by atoms with Gasteiger partial charge in [0, 0.05) is 79.1 Å². The van der Waals surface area contributed by atoms with E-state index in [9.17, 15) is 29.4 Å². The minimum atomic E-state index is -1.58. The largest absolute Gasteiger partial charge is 0.465 e. The third-order valence-corrected chi connectivity index (χ3v) is 12.9. The summed E-state index contributed by atoms with van der Waals surface area (Å²) in [5.74, 6) is 3.75. The molecule has 4 aromatic rings. The van der Waals surface area contributed by atoms with Crippen molar-refractivity contribution in [1.82, 2.24) is 46.2 Å². The number of carbonyl (C=O) groups is 4. The van der Waals surface area contributed by atoms with E-state index in [0.29, 0.717) is 29.3 Å². The second-order valence-electron chi connectivity index (χ2n) is 20.4. The molecule has 0 saturated carbocycles. The van der Waals surface area contributed by atoms with E-state index in [-0.39, 0.29) is 17.8 Å². The van der Waals surface area contributed by atoms with Gasteiger partial charge in [0.1, 0.15) is 29.5 Å². The minimum Gasteiger partial charge on any atom is -0.465 e. The number of carbonyl (C=O) groups excluding carboxylic acids is 3. The number of benzene rings is 2. The smallest absolute Gasteiger partial charge is 0.407 e. The molecule has 3 aliphatic heterocycles. The van der Waals surface area contributed by atoms with Crippen LogP contribution in [0, 0.1) is 34.3 Å². The number of methoxy groups -OCH3 is 1.